The normalized spacial score (nSPS) is 17.6. The third-order valence-electron chi connectivity index (χ3n) is 3.99. The molecule has 0 bridgehead atoms. The molecule has 1 fully saturated rings. The number of ether oxygens (including phenoxy) is 1. The predicted molar refractivity (Wildman–Crippen MR) is 80.6 cm³/mol. The minimum absolute atomic E-state index is 0.214. The van der Waals surface area contributed by atoms with Crippen LogP contribution in [0, 0.1) is 0 Å². The summed E-state index contributed by atoms with van der Waals surface area (Å²) >= 11 is 0. The van der Waals surface area contributed by atoms with Gasteiger partial charge in [0.05, 0.1) is 5.56 Å². The highest BCUT2D eigenvalue weighted by Gasteiger charge is 2.25. The monoisotopic (exact) mass is 276 g/mol. The van der Waals surface area contributed by atoms with E-state index in [9.17, 15) is 4.79 Å². The van der Waals surface area contributed by atoms with Crippen molar-refractivity contribution in [1.82, 2.24) is 5.32 Å². The quantitative estimate of drug-likeness (QED) is 0.493. The Morgan fingerprint density at radius 1 is 1.25 bits per heavy atom. The minimum atomic E-state index is -0.291. The highest BCUT2D eigenvalue weighted by Crippen LogP contribution is 2.27. The SMILES string of the molecule is CC1(NCCOC(=O)c2ccc(N)cc2)CCCCC1. The van der Waals surface area contributed by atoms with Crippen LogP contribution in [-0.2, 0) is 4.74 Å². The molecule has 0 heterocycles. The molecule has 1 aromatic carbocycles. The van der Waals surface area contributed by atoms with Gasteiger partial charge in [-0.25, -0.2) is 4.79 Å². The summed E-state index contributed by atoms with van der Waals surface area (Å²) in [5, 5.41) is 3.52. The van der Waals surface area contributed by atoms with Gasteiger partial charge in [0.15, 0.2) is 0 Å². The highest BCUT2D eigenvalue weighted by atomic mass is 16.5. The molecule has 1 aromatic rings. The number of carbonyl (C=O) groups excluding carboxylic acids is 1. The molecule has 0 radical (unpaired) electrons. The zero-order chi connectivity index (χ0) is 14.4. The van der Waals surface area contributed by atoms with Crippen LogP contribution in [0.15, 0.2) is 24.3 Å². The van der Waals surface area contributed by atoms with Gasteiger partial charge < -0.3 is 15.8 Å². The van der Waals surface area contributed by atoms with Gasteiger partial charge in [-0.05, 0) is 44.0 Å². The second-order valence-electron chi connectivity index (χ2n) is 5.81. The maximum absolute atomic E-state index is 11.8. The molecule has 110 valence electrons. The number of anilines is 1. The Morgan fingerprint density at radius 2 is 1.90 bits per heavy atom. The second kappa shape index (κ2) is 6.75. The second-order valence-corrected chi connectivity index (χ2v) is 5.81. The van der Waals surface area contributed by atoms with Gasteiger partial charge in [-0.15, -0.1) is 0 Å². The standard InChI is InChI=1S/C16H24N2O2/c1-16(9-3-2-4-10-16)18-11-12-20-15(19)13-5-7-14(17)8-6-13/h5-8,18H,2-4,9-12,17H2,1H3. The molecule has 4 nitrogen and oxygen atoms in total. The third-order valence-corrected chi connectivity index (χ3v) is 3.99. The first kappa shape index (κ1) is 14.9. The van der Waals surface area contributed by atoms with Crippen LogP contribution in [0.25, 0.3) is 0 Å². The van der Waals surface area contributed by atoms with E-state index in [1.807, 2.05) is 0 Å². The number of rotatable bonds is 5. The zero-order valence-corrected chi connectivity index (χ0v) is 12.2. The lowest BCUT2D eigenvalue weighted by atomic mass is 9.83. The molecule has 0 saturated heterocycles. The molecule has 0 amide bonds. The molecule has 0 spiro atoms. The number of hydrogen-bond donors (Lipinski definition) is 2. The first-order valence-electron chi connectivity index (χ1n) is 7.37. The maximum Gasteiger partial charge on any atom is 0.338 e. The van der Waals surface area contributed by atoms with E-state index >= 15 is 0 Å². The van der Waals surface area contributed by atoms with Gasteiger partial charge in [-0.1, -0.05) is 19.3 Å². The maximum atomic E-state index is 11.8. The number of esters is 1. The van der Waals surface area contributed by atoms with Crippen molar-refractivity contribution in [2.45, 2.75) is 44.6 Å². The Morgan fingerprint density at radius 3 is 2.55 bits per heavy atom. The van der Waals surface area contributed by atoms with E-state index < -0.39 is 0 Å². The van der Waals surface area contributed by atoms with Crippen LogP contribution in [0.1, 0.15) is 49.4 Å². The third kappa shape index (κ3) is 4.23. The molecule has 2 rings (SSSR count). The smallest absolute Gasteiger partial charge is 0.338 e. The highest BCUT2D eigenvalue weighted by molar-refractivity contribution is 5.89. The summed E-state index contributed by atoms with van der Waals surface area (Å²) in [5.41, 5.74) is 6.99. The van der Waals surface area contributed by atoms with Crippen LogP contribution < -0.4 is 11.1 Å². The van der Waals surface area contributed by atoms with E-state index in [1.165, 1.54) is 32.1 Å². The number of nitrogen functional groups attached to an aromatic ring is 1. The lowest BCUT2D eigenvalue weighted by Gasteiger charge is -2.34. The summed E-state index contributed by atoms with van der Waals surface area (Å²) in [7, 11) is 0. The van der Waals surface area contributed by atoms with E-state index in [0.717, 1.165) is 0 Å². The van der Waals surface area contributed by atoms with Crippen LogP contribution in [0.4, 0.5) is 5.69 Å². The van der Waals surface area contributed by atoms with Crippen LogP contribution in [-0.4, -0.2) is 24.7 Å². The minimum Gasteiger partial charge on any atom is -0.461 e. The van der Waals surface area contributed by atoms with E-state index in [1.54, 1.807) is 24.3 Å². The Balaban J connectivity index is 1.70. The largest absolute Gasteiger partial charge is 0.461 e. The van der Waals surface area contributed by atoms with Crippen molar-refractivity contribution in [2.75, 3.05) is 18.9 Å². The van der Waals surface area contributed by atoms with Gasteiger partial charge in [0.25, 0.3) is 0 Å². The summed E-state index contributed by atoms with van der Waals surface area (Å²) in [6.07, 6.45) is 6.32. The van der Waals surface area contributed by atoms with Gasteiger partial charge in [0, 0.05) is 17.8 Å². The molecular weight excluding hydrogens is 252 g/mol. The van der Waals surface area contributed by atoms with Gasteiger partial charge in [-0.3, -0.25) is 0 Å². The van der Waals surface area contributed by atoms with Crippen molar-refractivity contribution in [1.29, 1.82) is 0 Å². The number of hydrogen-bond acceptors (Lipinski definition) is 4. The van der Waals surface area contributed by atoms with Crippen LogP contribution >= 0.6 is 0 Å². The topological polar surface area (TPSA) is 64.3 Å². The molecule has 0 atom stereocenters. The first-order chi connectivity index (χ1) is 9.59. The van der Waals surface area contributed by atoms with E-state index in [-0.39, 0.29) is 11.5 Å². The van der Waals surface area contributed by atoms with Crippen molar-refractivity contribution in [2.24, 2.45) is 0 Å². The summed E-state index contributed by atoms with van der Waals surface area (Å²) in [6.45, 7) is 3.37. The molecule has 1 aliphatic rings. The van der Waals surface area contributed by atoms with Crippen LogP contribution in [0.3, 0.4) is 0 Å². The molecule has 0 aromatic heterocycles. The van der Waals surface area contributed by atoms with E-state index in [0.29, 0.717) is 24.4 Å². The van der Waals surface area contributed by atoms with Gasteiger partial charge >= 0.3 is 5.97 Å². The Hall–Kier alpha value is -1.55. The van der Waals surface area contributed by atoms with Crippen molar-refractivity contribution < 1.29 is 9.53 Å². The fourth-order valence-electron chi connectivity index (χ4n) is 2.71. The van der Waals surface area contributed by atoms with Crippen molar-refractivity contribution >= 4 is 11.7 Å². The first-order valence-corrected chi connectivity index (χ1v) is 7.37. The average Bonchev–Trinajstić information content (AvgIpc) is 2.45. The summed E-state index contributed by atoms with van der Waals surface area (Å²) < 4.78 is 5.26. The molecular formula is C16H24N2O2. The van der Waals surface area contributed by atoms with Gasteiger partial charge in [0.2, 0.25) is 0 Å². The van der Waals surface area contributed by atoms with Crippen molar-refractivity contribution in [3.8, 4) is 0 Å². The van der Waals surface area contributed by atoms with E-state index in [2.05, 4.69) is 12.2 Å². The molecule has 4 heteroatoms. The number of carbonyl (C=O) groups is 1. The van der Waals surface area contributed by atoms with Crippen LogP contribution in [0.2, 0.25) is 0 Å². The Bertz CT molecular complexity index is 436. The predicted octanol–water partition coefficient (Wildman–Crippen LogP) is 2.74. The molecule has 1 aliphatic carbocycles. The fourth-order valence-corrected chi connectivity index (χ4v) is 2.71. The molecule has 1 saturated carbocycles. The Kier molecular flexibility index (Phi) is 5.01. The van der Waals surface area contributed by atoms with E-state index in [4.69, 9.17) is 10.5 Å². The van der Waals surface area contributed by atoms with Crippen molar-refractivity contribution in [3.05, 3.63) is 29.8 Å². The van der Waals surface area contributed by atoms with Gasteiger partial charge in [0.1, 0.15) is 6.61 Å². The summed E-state index contributed by atoms with van der Waals surface area (Å²) in [4.78, 5) is 11.8. The van der Waals surface area contributed by atoms with Gasteiger partial charge in [-0.2, -0.15) is 0 Å². The average molecular weight is 276 g/mol. The molecule has 20 heavy (non-hydrogen) atoms. The number of benzene rings is 1. The van der Waals surface area contributed by atoms with Crippen molar-refractivity contribution in [3.63, 3.8) is 0 Å². The summed E-state index contributed by atoms with van der Waals surface area (Å²) in [6, 6.07) is 6.79. The number of nitrogens with one attached hydrogen (secondary N) is 1. The number of nitrogens with two attached hydrogens (primary N) is 1. The summed E-state index contributed by atoms with van der Waals surface area (Å²) in [5.74, 6) is -0.291. The lowest BCUT2D eigenvalue weighted by Crippen LogP contribution is -2.45. The zero-order valence-electron chi connectivity index (χ0n) is 12.2. The molecule has 0 unspecified atom stereocenters. The van der Waals surface area contributed by atoms with Crippen LogP contribution in [0.5, 0.6) is 0 Å². The molecule has 3 N–H and O–H groups in total. The Labute approximate surface area is 120 Å². The fraction of sp³-hybridized carbons (Fsp3) is 0.562. The molecule has 0 aliphatic heterocycles. The lowest BCUT2D eigenvalue weighted by molar-refractivity contribution is 0.0496.